The van der Waals surface area contributed by atoms with E-state index in [1.165, 1.54) is 16.3 Å². The van der Waals surface area contributed by atoms with Crippen LogP contribution in [0.25, 0.3) is 21.9 Å². The Labute approximate surface area is 240 Å². The van der Waals surface area contributed by atoms with Crippen molar-refractivity contribution in [2.24, 2.45) is 5.92 Å². The van der Waals surface area contributed by atoms with Crippen molar-refractivity contribution >= 4 is 33.6 Å². The Morgan fingerprint density at radius 2 is 1.73 bits per heavy atom. The molecule has 0 aliphatic heterocycles. The number of aliphatic hydroxyl groups excluding tert-OH is 1. The number of nitrogens with one attached hydrogen (secondary N) is 1. The fraction of sp³-hybridized carbons (Fsp3) is 0.286. The van der Waals surface area contributed by atoms with Gasteiger partial charge in [0, 0.05) is 35.9 Å². The first kappa shape index (κ1) is 26.9. The lowest BCUT2D eigenvalue weighted by Gasteiger charge is -2.26. The van der Waals surface area contributed by atoms with Crippen molar-refractivity contribution in [3.63, 3.8) is 0 Å². The Morgan fingerprint density at radius 1 is 1.00 bits per heavy atom. The molecular formula is C35H35N3O3. The third kappa shape index (κ3) is 5.27. The van der Waals surface area contributed by atoms with E-state index in [-0.39, 0.29) is 24.2 Å². The Balaban J connectivity index is 1.31. The summed E-state index contributed by atoms with van der Waals surface area (Å²) in [7, 11) is 0. The van der Waals surface area contributed by atoms with Crippen LogP contribution >= 0.6 is 0 Å². The highest BCUT2D eigenvalue weighted by Crippen LogP contribution is 2.37. The summed E-state index contributed by atoms with van der Waals surface area (Å²) in [4.78, 5) is 30.9. The predicted octanol–water partition coefficient (Wildman–Crippen LogP) is 6.16. The molecule has 6 nitrogen and oxygen atoms in total. The summed E-state index contributed by atoms with van der Waals surface area (Å²) >= 11 is 0. The van der Waals surface area contributed by atoms with Crippen LogP contribution in [0.5, 0.6) is 0 Å². The summed E-state index contributed by atoms with van der Waals surface area (Å²) in [6.45, 7) is 4.62. The van der Waals surface area contributed by atoms with Crippen LogP contribution in [0.15, 0.2) is 84.9 Å². The number of pyridine rings is 1. The zero-order chi connectivity index (χ0) is 28.5. The average molecular weight is 546 g/mol. The largest absolute Gasteiger partial charge is 0.394 e. The molecule has 1 fully saturated rings. The maximum Gasteiger partial charge on any atom is 0.228 e. The maximum atomic E-state index is 13.7. The number of amides is 1. The SMILES string of the molecule is Cc1cc(C)c2c3ccccc3n(Cc3ccc(C(C(=O)NC(CO)c4ccccc4)C4CCC(=O)C4)cc3)c2n1. The van der Waals surface area contributed by atoms with E-state index in [9.17, 15) is 14.7 Å². The predicted molar refractivity (Wildman–Crippen MR) is 162 cm³/mol. The summed E-state index contributed by atoms with van der Waals surface area (Å²) in [5.74, 6) is -0.474. The minimum atomic E-state index is -0.503. The van der Waals surface area contributed by atoms with Crippen LogP contribution in [0.1, 0.15) is 59.2 Å². The molecule has 1 aliphatic rings. The monoisotopic (exact) mass is 545 g/mol. The van der Waals surface area contributed by atoms with Crippen LogP contribution in [-0.4, -0.2) is 33.0 Å². The summed E-state index contributed by atoms with van der Waals surface area (Å²) < 4.78 is 2.27. The summed E-state index contributed by atoms with van der Waals surface area (Å²) in [5.41, 5.74) is 7.18. The van der Waals surface area contributed by atoms with Gasteiger partial charge in [-0.25, -0.2) is 4.98 Å². The Morgan fingerprint density at radius 3 is 2.44 bits per heavy atom. The molecule has 6 heteroatoms. The van der Waals surface area contributed by atoms with Crippen molar-refractivity contribution in [1.82, 2.24) is 14.9 Å². The van der Waals surface area contributed by atoms with E-state index in [2.05, 4.69) is 59.3 Å². The third-order valence-electron chi connectivity index (χ3n) is 8.46. The molecule has 6 rings (SSSR count). The van der Waals surface area contributed by atoms with Gasteiger partial charge in [-0.2, -0.15) is 0 Å². The molecule has 3 aromatic carbocycles. The second-order valence-corrected chi connectivity index (χ2v) is 11.3. The number of ketones is 1. The van der Waals surface area contributed by atoms with Crippen LogP contribution in [-0.2, 0) is 16.1 Å². The van der Waals surface area contributed by atoms with E-state index >= 15 is 0 Å². The number of para-hydroxylation sites is 1. The standard InChI is InChI=1S/C35H35N3O3/c1-22-18-23(2)36-34-32(22)29-10-6-7-11-31(29)38(34)20-24-12-14-26(15-13-24)33(27-16-17-28(40)19-27)35(41)37-30(21-39)25-8-4-3-5-9-25/h3-15,18,27,30,33,39H,16-17,19-21H2,1-2H3,(H,37,41). The van der Waals surface area contributed by atoms with Gasteiger partial charge in [-0.3, -0.25) is 9.59 Å². The molecule has 3 atom stereocenters. The van der Waals surface area contributed by atoms with Crippen LogP contribution in [0.3, 0.4) is 0 Å². The summed E-state index contributed by atoms with van der Waals surface area (Å²) in [6, 6.07) is 27.8. The number of hydrogen-bond donors (Lipinski definition) is 2. The number of carbonyl (C=O) groups excluding carboxylic acids is 2. The lowest BCUT2D eigenvalue weighted by molar-refractivity contribution is -0.125. The van der Waals surface area contributed by atoms with Gasteiger partial charge in [0.05, 0.1) is 24.1 Å². The molecule has 3 unspecified atom stereocenters. The van der Waals surface area contributed by atoms with Gasteiger partial charge in [0.2, 0.25) is 5.91 Å². The average Bonchev–Trinajstić information content (AvgIpc) is 3.54. The van der Waals surface area contributed by atoms with Crippen LogP contribution in [0.2, 0.25) is 0 Å². The highest BCUT2D eigenvalue weighted by Gasteiger charge is 2.36. The molecule has 2 N–H and O–H groups in total. The molecule has 2 aromatic heterocycles. The van der Waals surface area contributed by atoms with E-state index in [0.717, 1.165) is 33.5 Å². The lowest BCUT2D eigenvalue weighted by atomic mass is 9.83. The molecule has 0 spiro atoms. The Bertz CT molecular complexity index is 1720. The number of aliphatic hydroxyl groups is 1. The first-order chi connectivity index (χ1) is 19.9. The maximum absolute atomic E-state index is 13.7. The van der Waals surface area contributed by atoms with Crippen molar-refractivity contribution in [2.45, 2.75) is 51.6 Å². The van der Waals surface area contributed by atoms with E-state index in [1.807, 2.05) is 49.4 Å². The van der Waals surface area contributed by atoms with Gasteiger partial charge in [0.15, 0.2) is 0 Å². The quantitative estimate of drug-likeness (QED) is 0.245. The van der Waals surface area contributed by atoms with E-state index < -0.39 is 12.0 Å². The Kier molecular flexibility index (Phi) is 7.41. The number of benzene rings is 3. The molecule has 0 radical (unpaired) electrons. The van der Waals surface area contributed by atoms with Gasteiger partial charge < -0.3 is 15.0 Å². The van der Waals surface area contributed by atoms with Crippen molar-refractivity contribution in [1.29, 1.82) is 0 Å². The fourth-order valence-corrected chi connectivity index (χ4v) is 6.50. The second-order valence-electron chi connectivity index (χ2n) is 11.3. The van der Waals surface area contributed by atoms with Gasteiger partial charge in [-0.15, -0.1) is 0 Å². The van der Waals surface area contributed by atoms with Gasteiger partial charge >= 0.3 is 0 Å². The summed E-state index contributed by atoms with van der Waals surface area (Å²) in [6.07, 6.45) is 1.61. The minimum Gasteiger partial charge on any atom is -0.394 e. The molecule has 0 bridgehead atoms. The highest BCUT2D eigenvalue weighted by atomic mass is 16.3. The third-order valence-corrected chi connectivity index (χ3v) is 8.46. The summed E-state index contributed by atoms with van der Waals surface area (Å²) in [5, 5.41) is 15.5. The zero-order valence-corrected chi connectivity index (χ0v) is 23.5. The fourth-order valence-electron chi connectivity index (χ4n) is 6.50. The van der Waals surface area contributed by atoms with Crippen molar-refractivity contribution in [3.05, 3.63) is 113 Å². The first-order valence-electron chi connectivity index (χ1n) is 14.3. The molecule has 5 aromatic rings. The van der Waals surface area contributed by atoms with Crippen LogP contribution < -0.4 is 5.32 Å². The van der Waals surface area contributed by atoms with Gasteiger partial charge in [0.1, 0.15) is 11.4 Å². The number of nitrogens with zero attached hydrogens (tertiary/aromatic N) is 2. The molecule has 1 amide bonds. The van der Waals surface area contributed by atoms with Gasteiger partial charge in [-0.1, -0.05) is 72.8 Å². The minimum absolute atomic E-state index is 0.0593. The lowest BCUT2D eigenvalue weighted by Crippen LogP contribution is -2.37. The van der Waals surface area contributed by atoms with Crippen molar-refractivity contribution in [2.75, 3.05) is 6.61 Å². The number of hydrogen-bond acceptors (Lipinski definition) is 4. The van der Waals surface area contributed by atoms with Crippen LogP contribution in [0.4, 0.5) is 0 Å². The second kappa shape index (κ2) is 11.3. The number of fused-ring (bicyclic) bond motifs is 3. The van der Waals surface area contributed by atoms with Crippen molar-refractivity contribution < 1.29 is 14.7 Å². The highest BCUT2D eigenvalue weighted by molar-refractivity contribution is 6.08. The molecular weight excluding hydrogens is 510 g/mol. The first-order valence-corrected chi connectivity index (χ1v) is 14.3. The number of aromatic nitrogens is 2. The molecule has 208 valence electrons. The number of Topliss-reactive ketones (excluding diaryl/α,β-unsaturated/α-hetero) is 1. The van der Waals surface area contributed by atoms with Crippen LogP contribution in [0, 0.1) is 19.8 Å². The smallest absolute Gasteiger partial charge is 0.228 e. The molecule has 0 saturated heterocycles. The molecule has 1 saturated carbocycles. The number of aryl methyl sites for hydroxylation is 2. The number of rotatable bonds is 8. The number of carbonyl (C=O) groups is 2. The van der Waals surface area contributed by atoms with Gasteiger partial charge in [-0.05, 0) is 60.6 Å². The zero-order valence-electron chi connectivity index (χ0n) is 23.5. The molecule has 41 heavy (non-hydrogen) atoms. The normalized spacial score (nSPS) is 16.8. The van der Waals surface area contributed by atoms with Gasteiger partial charge in [0.25, 0.3) is 0 Å². The molecule has 2 heterocycles. The van der Waals surface area contributed by atoms with E-state index in [4.69, 9.17) is 4.98 Å². The van der Waals surface area contributed by atoms with Crippen molar-refractivity contribution in [3.8, 4) is 0 Å². The van der Waals surface area contributed by atoms with E-state index in [1.54, 1.807) is 0 Å². The Hall–Kier alpha value is -4.29. The topological polar surface area (TPSA) is 84.2 Å². The van der Waals surface area contributed by atoms with E-state index in [0.29, 0.717) is 25.8 Å². The molecule has 1 aliphatic carbocycles.